The molecule has 0 bridgehead atoms. The van der Waals surface area contributed by atoms with Crippen molar-refractivity contribution in [2.24, 2.45) is 23.7 Å². The van der Waals surface area contributed by atoms with Gasteiger partial charge < -0.3 is 13.3 Å². The van der Waals surface area contributed by atoms with Gasteiger partial charge >= 0.3 is 8.80 Å². The zero-order valence-corrected chi connectivity index (χ0v) is 18.7. The van der Waals surface area contributed by atoms with Gasteiger partial charge in [-0.15, -0.1) is 0 Å². The Morgan fingerprint density at radius 1 is 0.542 bits per heavy atom. The van der Waals surface area contributed by atoms with Crippen LogP contribution in [-0.4, -0.2) is 28.6 Å². The second kappa shape index (κ2) is 13.3. The molecule has 3 nitrogen and oxygen atoms in total. The monoisotopic (exact) mass is 360 g/mol. The van der Waals surface area contributed by atoms with Crippen molar-refractivity contribution >= 4 is 8.80 Å². The molecule has 0 amide bonds. The highest BCUT2D eigenvalue weighted by atomic mass is 28.4. The standard InChI is InChI=1S/C20H44O3Si/c1-17(2)12-10-9-11-13-24(21-14-18(3)4,22-15-19(5)6)23-16-20(7)8/h17-20H,9-16H2,1-8H3. The lowest BCUT2D eigenvalue weighted by atomic mass is 10.1. The van der Waals surface area contributed by atoms with Crippen LogP contribution >= 0.6 is 0 Å². The first-order valence-electron chi connectivity index (χ1n) is 10.1. The lowest BCUT2D eigenvalue weighted by Gasteiger charge is -2.32. The van der Waals surface area contributed by atoms with Crippen molar-refractivity contribution in [3.05, 3.63) is 0 Å². The molecule has 0 N–H and O–H groups in total. The fourth-order valence-corrected chi connectivity index (χ4v) is 5.42. The normalized spacial score (nSPS) is 13.0. The van der Waals surface area contributed by atoms with E-state index in [1.165, 1.54) is 19.3 Å². The first kappa shape index (κ1) is 24.1. The van der Waals surface area contributed by atoms with Gasteiger partial charge in [0.25, 0.3) is 0 Å². The molecule has 0 aromatic carbocycles. The van der Waals surface area contributed by atoms with E-state index in [9.17, 15) is 0 Å². The minimum atomic E-state index is -2.56. The molecular formula is C20H44O3Si. The van der Waals surface area contributed by atoms with Crippen molar-refractivity contribution in [1.29, 1.82) is 0 Å². The van der Waals surface area contributed by atoms with E-state index in [1.54, 1.807) is 0 Å². The molecule has 0 aromatic rings. The summed E-state index contributed by atoms with van der Waals surface area (Å²) >= 11 is 0. The Balaban J connectivity index is 4.72. The molecule has 0 unspecified atom stereocenters. The first-order valence-corrected chi connectivity index (χ1v) is 12.0. The van der Waals surface area contributed by atoms with Gasteiger partial charge in [0, 0.05) is 25.9 Å². The van der Waals surface area contributed by atoms with Crippen LogP contribution in [0.3, 0.4) is 0 Å². The summed E-state index contributed by atoms with van der Waals surface area (Å²) < 4.78 is 18.9. The smallest absolute Gasteiger partial charge is 0.373 e. The van der Waals surface area contributed by atoms with Gasteiger partial charge in [-0.1, -0.05) is 74.7 Å². The van der Waals surface area contributed by atoms with Crippen LogP contribution in [0.2, 0.25) is 6.04 Å². The predicted octanol–water partition coefficient (Wildman–Crippen LogP) is 6.16. The Morgan fingerprint density at radius 2 is 0.958 bits per heavy atom. The fourth-order valence-electron chi connectivity index (χ4n) is 2.29. The molecule has 146 valence electrons. The van der Waals surface area contributed by atoms with Gasteiger partial charge in [0.15, 0.2) is 0 Å². The van der Waals surface area contributed by atoms with Crippen LogP contribution in [0.5, 0.6) is 0 Å². The molecule has 24 heavy (non-hydrogen) atoms. The van der Waals surface area contributed by atoms with E-state index in [2.05, 4.69) is 55.4 Å². The van der Waals surface area contributed by atoms with Gasteiger partial charge in [-0.05, 0) is 30.1 Å². The summed E-state index contributed by atoms with van der Waals surface area (Å²) in [6.07, 6.45) is 4.99. The van der Waals surface area contributed by atoms with Crippen molar-refractivity contribution in [2.45, 2.75) is 87.1 Å². The third kappa shape index (κ3) is 13.4. The molecule has 0 rings (SSSR count). The molecule has 0 atom stereocenters. The zero-order valence-electron chi connectivity index (χ0n) is 17.7. The molecule has 0 saturated carbocycles. The molecule has 0 fully saturated rings. The van der Waals surface area contributed by atoms with E-state index < -0.39 is 8.80 Å². The third-order valence-electron chi connectivity index (χ3n) is 3.67. The molecular weight excluding hydrogens is 316 g/mol. The van der Waals surface area contributed by atoms with Gasteiger partial charge in [0.2, 0.25) is 0 Å². The van der Waals surface area contributed by atoms with Crippen molar-refractivity contribution in [3.63, 3.8) is 0 Å². The van der Waals surface area contributed by atoms with Gasteiger partial charge in [0.1, 0.15) is 0 Å². The van der Waals surface area contributed by atoms with E-state index in [4.69, 9.17) is 13.3 Å². The summed E-state index contributed by atoms with van der Waals surface area (Å²) in [6.45, 7) is 19.9. The third-order valence-corrected chi connectivity index (χ3v) is 6.46. The van der Waals surface area contributed by atoms with Gasteiger partial charge in [-0.25, -0.2) is 0 Å². The van der Waals surface area contributed by atoms with Crippen LogP contribution in [0.1, 0.15) is 81.1 Å². The Bertz CT molecular complexity index is 259. The van der Waals surface area contributed by atoms with E-state index >= 15 is 0 Å². The lowest BCUT2D eigenvalue weighted by molar-refractivity contribution is 0.0362. The van der Waals surface area contributed by atoms with Crippen molar-refractivity contribution in [2.75, 3.05) is 19.8 Å². The maximum absolute atomic E-state index is 6.31. The zero-order chi connectivity index (χ0) is 18.6. The summed E-state index contributed by atoms with van der Waals surface area (Å²) in [4.78, 5) is 0. The summed E-state index contributed by atoms with van der Waals surface area (Å²) in [7, 11) is -2.56. The average molecular weight is 361 g/mol. The second-order valence-electron chi connectivity index (χ2n) is 8.79. The Kier molecular flexibility index (Phi) is 13.4. The first-order chi connectivity index (χ1) is 11.2. The van der Waals surface area contributed by atoms with E-state index in [0.29, 0.717) is 17.8 Å². The van der Waals surface area contributed by atoms with Crippen molar-refractivity contribution < 1.29 is 13.3 Å². The number of hydrogen-bond donors (Lipinski definition) is 0. The summed E-state index contributed by atoms with van der Waals surface area (Å²) in [5.74, 6) is 2.30. The fraction of sp³-hybridized carbons (Fsp3) is 1.00. The minimum Gasteiger partial charge on any atom is -0.373 e. The number of unbranched alkanes of at least 4 members (excludes halogenated alkanes) is 2. The molecule has 0 aliphatic carbocycles. The van der Waals surface area contributed by atoms with Crippen LogP contribution in [0.15, 0.2) is 0 Å². The molecule has 0 aliphatic rings. The molecule has 0 aliphatic heterocycles. The maximum Gasteiger partial charge on any atom is 0.500 e. The molecule has 0 radical (unpaired) electrons. The van der Waals surface area contributed by atoms with Crippen molar-refractivity contribution in [1.82, 2.24) is 0 Å². The highest BCUT2D eigenvalue weighted by Gasteiger charge is 2.41. The van der Waals surface area contributed by atoms with Crippen LogP contribution in [0.25, 0.3) is 0 Å². The summed E-state index contributed by atoms with van der Waals surface area (Å²) in [6, 6.07) is 0.956. The highest BCUT2D eigenvalue weighted by Crippen LogP contribution is 2.23. The SMILES string of the molecule is CC(C)CCCCC[Si](OCC(C)C)(OCC(C)C)OCC(C)C. The van der Waals surface area contributed by atoms with E-state index in [1.807, 2.05) is 0 Å². The molecule has 0 heterocycles. The van der Waals surface area contributed by atoms with E-state index in [0.717, 1.165) is 38.2 Å². The van der Waals surface area contributed by atoms with Crippen molar-refractivity contribution in [3.8, 4) is 0 Å². The Labute approximate surface area is 153 Å². The van der Waals surface area contributed by atoms with Gasteiger partial charge in [0.05, 0.1) is 0 Å². The Morgan fingerprint density at radius 3 is 1.29 bits per heavy atom. The van der Waals surface area contributed by atoms with Crippen LogP contribution < -0.4 is 0 Å². The molecule has 0 saturated heterocycles. The van der Waals surface area contributed by atoms with Crippen LogP contribution in [-0.2, 0) is 13.3 Å². The van der Waals surface area contributed by atoms with Gasteiger partial charge in [-0.3, -0.25) is 0 Å². The maximum atomic E-state index is 6.31. The minimum absolute atomic E-state index is 0.503. The predicted molar refractivity (Wildman–Crippen MR) is 106 cm³/mol. The average Bonchev–Trinajstić information content (AvgIpc) is 2.47. The second-order valence-corrected chi connectivity index (χ2v) is 11.5. The lowest BCUT2D eigenvalue weighted by Crippen LogP contribution is -2.48. The van der Waals surface area contributed by atoms with Gasteiger partial charge in [-0.2, -0.15) is 0 Å². The summed E-state index contributed by atoms with van der Waals surface area (Å²) in [5.41, 5.74) is 0. The molecule has 0 spiro atoms. The quantitative estimate of drug-likeness (QED) is 0.258. The largest absolute Gasteiger partial charge is 0.500 e. The summed E-state index contributed by atoms with van der Waals surface area (Å²) in [5, 5.41) is 0. The van der Waals surface area contributed by atoms with E-state index in [-0.39, 0.29) is 0 Å². The van der Waals surface area contributed by atoms with Crippen LogP contribution in [0, 0.1) is 23.7 Å². The highest BCUT2D eigenvalue weighted by molar-refractivity contribution is 6.60. The number of rotatable bonds is 15. The number of hydrogen-bond acceptors (Lipinski definition) is 3. The van der Waals surface area contributed by atoms with Crippen LogP contribution in [0.4, 0.5) is 0 Å². The topological polar surface area (TPSA) is 27.7 Å². The molecule has 0 aromatic heterocycles. The Hall–Kier alpha value is 0.0969. The molecule has 4 heteroatoms.